The fourth-order valence-corrected chi connectivity index (χ4v) is 4.82. The zero-order valence-corrected chi connectivity index (χ0v) is 19.1. The quantitative estimate of drug-likeness (QED) is 0.514. The normalized spacial score (nSPS) is 18.7. The maximum absolute atomic E-state index is 13.2. The van der Waals surface area contributed by atoms with E-state index in [0.717, 1.165) is 37.8 Å². The molecule has 2 aliphatic rings. The van der Waals surface area contributed by atoms with Crippen molar-refractivity contribution in [2.75, 3.05) is 0 Å². The molecule has 2 fully saturated rings. The van der Waals surface area contributed by atoms with Gasteiger partial charge >= 0.3 is 12.0 Å². The van der Waals surface area contributed by atoms with Crippen molar-refractivity contribution in [1.29, 1.82) is 0 Å². The minimum Gasteiger partial charge on any atom is -0.478 e. The van der Waals surface area contributed by atoms with Crippen molar-refractivity contribution < 1.29 is 24.3 Å². The molecule has 0 spiro atoms. The van der Waals surface area contributed by atoms with Crippen LogP contribution in [0.1, 0.15) is 59.4 Å². The Bertz CT molecular complexity index is 1210. The van der Waals surface area contributed by atoms with Crippen molar-refractivity contribution in [1.82, 2.24) is 14.8 Å². The fourth-order valence-electron chi connectivity index (χ4n) is 4.62. The summed E-state index contributed by atoms with van der Waals surface area (Å²) in [5, 5.41) is 12.0. The smallest absolute Gasteiger partial charge is 0.335 e. The number of imide groups is 2. The summed E-state index contributed by atoms with van der Waals surface area (Å²) in [6.45, 7) is 3.61. The van der Waals surface area contributed by atoms with E-state index >= 15 is 0 Å². The monoisotopic (exact) mass is 469 g/mol. The van der Waals surface area contributed by atoms with Crippen molar-refractivity contribution in [2.24, 2.45) is 0 Å². The van der Waals surface area contributed by atoms with E-state index < -0.39 is 23.8 Å². The first kappa shape index (κ1) is 22.8. The molecule has 1 aliphatic heterocycles. The van der Waals surface area contributed by atoms with Crippen LogP contribution in [-0.4, -0.2) is 44.4 Å². The summed E-state index contributed by atoms with van der Waals surface area (Å²) >= 11 is 6.36. The summed E-state index contributed by atoms with van der Waals surface area (Å²) in [5.41, 5.74) is 2.48. The molecule has 0 unspecified atom stereocenters. The molecule has 8 nitrogen and oxygen atoms in total. The summed E-state index contributed by atoms with van der Waals surface area (Å²) in [7, 11) is 0. The van der Waals surface area contributed by atoms with Crippen LogP contribution in [0.3, 0.4) is 0 Å². The van der Waals surface area contributed by atoms with Crippen molar-refractivity contribution in [2.45, 2.75) is 52.0 Å². The topological polar surface area (TPSA) is 109 Å². The highest BCUT2D eigenvalue weighted by Gasteiger charge is 2.40. The number of barbiturate groups is 1. The number of carbonyl (C=O) groups excluding carboxylic acids is 3. The van der Waals surface area contributed by atoms with Gasteiger partial charge in [-0.2, -0.15) is 0 Å². The number of amides is 4. The van der Waals surface area contributed by atoms with Gasteiger partial charge in [-0.15, -0.1) is 0 Å². The van der Waals surface area contributed by atoms with Gasteiger partial charge in [0.25, 0.3) is 11.8 Å². The highest BCUT2D eigenvalue weighted by Crippen LogP contribution is 2.30. The van der Waals surface area contributed by atoms with Crippen LogP contribution in [0, 0.1) is 13.8 Å². The number of nitrogens with zero attached hydrogens (tertiary/aromatic N) is 2. The van der Waals surface area contributed by atoms with Gasteiger partial charge < -0.3 is 9.67 Å². The molecule has 172 valence electrons. The number of carboxylic acid groups (broad SMARTS) is 1. The molecule has 33 heavy (non-hydrogen) atoms. The number of halogens is 1. The molecule has 1 aromatic heterocycles. The van der Waals surface area contributed by atoms with Crippen molar-refractivity contribution in [3.05, 3.63) is 57.4 Å². The number of aryl methyl sites for hydroxylation is 1. The molecule has 0 radical (unpaired) electrons. The lowest BCUT2D eigenvalue weighted by Gasteiger charge is -2.35. The van der Waals surface area contributed by atoms with Gasteiger partial charge in [-0.3, -0.25) is 19.8 Å². The zero-order chi connectivity index (χ0) is 23.9. The Kier molecular flexibility index (Phi) is 6.12. The predicted molar refractivity (Wildman–Crippen MR) is 122 cm³/mol. The molecule has 1 aliphatic carbocycles. The SMILES string of the molecule is Cc1cc(C=C2C(=O)NC(=O)N(C3CCCCC3)C2=O)c(C)n1-c1cc(C(=O)O)ccc1Cl. The third-order valence-corrected chi connectivity index (χ3v) is 6.60. The molecule has 9 heteroatoms. The lowest BCUT2D eigenvalue weighted by Crippen LogP contribution is -2.58. The fraction of sp³-hybridized carbons (Fsp3) is 0.333. The zero-order valence-electron chi connectivity index (χ0n) is 18.4. The number of urea groups is 1. The highest BCUT2D eigenvalue weighted by atomic mass is 35.5. The third kappa shape index (κ3) is 4.18. The summed E-state index contributed by atoms with van der Waals surface area (Å²) in [4.78, 5) is 50.8. The van der Waals surface area contributed by atoms with E-state index in [9.17, 15) is 24.3 Å². The Morgan fingerprint density at radius 2 is 1.82 bits per heavy atom. The maximum atomic E-state index is 13.2. The van der Waals surface area contributed by atoms with Crippen LogP contribution >= 0.6 is 11.6 Å². The molecule has 1 saturated carbocycles. The molecule has 2 N–H and O–H groups in total. The first-order chi connectivity index (χ1) is 15.7. The van der Waals surface area contributed by atoms with Crippen molar-refractivity contribution in [3.8, 4) is 5.69 Å². The minimum atomic E-state index is -1.07. The molecule has 4 rings (SSSR count). The van der Waals surface area contributed by atoms with Crippen LogP contribution in [0.5, 0.6) is 0 Å². The van der Waals surface area contributed by atoms with Crippen LogP contribution in [0.4, 0.5) is 4.79 Å². The molecule has 0 bridgehead atoms. The Morgan fingerprint density at radius 3 is 2.48 bits per heavy atom. The van der Waals surface area contributed by atoms with Crippen molar-refractivity contribution in [3.63, 3.8) is 0 Å². The number of benzene rings is 1. The average Bonchev–Trinajstić information content (AvgIpc) is 3.05. The average molecular weight is 470 g/mol. The van der Waals surface area contributed by atoms with E-state index in [1.807, 2.05) is 6.92 Å². The van der Waals surface area contributed by atoms with Gasteiger partial charge in [0, 0.05) is 17.4 Å². The molecular weight excluding hydrogens is 446 g/mol. The van der Waals surface area contributed by atoms with Gasteiger partial charge in [-0.1, -0.05) is 30.9 Å². The van der Waals surface area contributed by atoms with Gasteiger partial charge in [0.05, 0.1) is 16.3 Å². The number of carboxylic acids is 1. The number of rotatable bonds is 4. The van der Waals surface area contributed by atoms with Gasteiger partial charge in [-0.25, -0.2) is 9.59 Å². The van der Waals surface area contributed by atoms with E-state index in [1.54, 1.807) is 17.6 Å². The standard InChI is InChI=1S/C24H24ClN3O5/c1-13-10-16(14(2)27(13)20-12-15(23(31)32)8-9-19(20)25)11-18-21(29)26-24(33)28(22(18)30)17-6-4-3-5-7-17/h8-12,17H,3-7H2,1-2H3,(H,31,32)(H,26,29,33). The molecular formula is C24H24ClN3O5. The number of hydrogen-bond donors (Lipinski definition) is 2. The van der Waals surface area contributed by atoms with E-state index in [0.29, 0.717) is 22.0 Å². The van der Waals surface area contributed by atoms with Crippen LogP contribution < -0.4 is 5.32 Å². The van der Waals surface area contributed by atoms with Crippen LogP contribution in [-0.2, 0) is 9.59 Å². The Balaban J connectivity index is 1.75. The number of aromatic nitrogens is 1. The van der Waals surface area contributed by atoms with Gasteiger partial charge in [-0.05, 0) is 62.6 Å². The maximum Gasteiger partial charge on any atom is 0.335 e. The third-order valence-electron chi connectivity index (χ3n) is 6.28. The number of hydrogen-bond acceptors (Lipinski definition) is 4. The molecule has 2 heterocycles. The lowest BCUT2D eigenvalue weighted by molar-refractivity contribution is -0.132. The molecule has 1 aromatic carbocycles. The highest BCUT2D eigenvalue weighted by molar-refractivity contribution is 6.32. The van der Waals surface area contributed by atoms with Gasteiger partial charge in [0.1, 0.15) is 5.57 Å². The van der Waals surface area contributed by atoms with Crippen LogP contribution in [0.25, 0.3) is 11.8 Å². The molecule has 1 saturated heterocycles. The Hall–Kier alpha value is -3.39. The van der Waals surface area contributed by atoms with Crippen molar-refractivity contribution >= 4 is 41.5 Å². The van der Waals surface area contributed by atoms with Crippen LogP contribution in [0.2, 0.25) is 5.02 Å². The number of aromatic carboxylic acids is 1. The van der Waals surface area contributed by atoms with E-state index in [-0.39, 0.29) is 17.2 Å². The summed E-state index contributed by atoms with van der Waals surface area (Å²) in [6.07, 6.45) is 5.88. The largest absolute Gasteiger partial charge is 0.478 e. The number of carbonyl (C=O) groups is 4. The second kappa shape index (κ2) is 8.86. The van der Waals surface area contributed by atoms with E-state index in [1.165, 1.54) is 29.2 Å². The molecule has 4 amide bonds. The Morgan fingerprint density at radius 1 is 1.12 bits per heavy atom. The minimum absolute atomic E-state index is 0.0882. The molecule has 0 atom stereocenters. The summed E-state index contributed by atoms with van der Waals surface area (Å²) < 4.78 is 1.77. The second-order valence-electron chi connectivity index (χ2n) is 8.42. The van der Waals surface area contributed by atoms with Gasteiger partial charge in [0.15, 0.2) is 0 Å². The Labute approximate surface area is 195 Å². The first-order valence-corrected chi connectivity index (χ1v) is 11.2. The second-order valence-corrected chi connectivity index (χ2v) is 8.82. The first-order valence-electron chi connectivity index (χ1n) is 10.8. The summed E-state index contributed by atoms with van der Waals surface area (Å²) in [6, 6.07) is 5.32. The predicted octanol–water partition coefficient (Wildman–Crippen LogP) is 4.24. The summed E-state index contributed by atoms with van der Waals surface area (Å²) in [5.74, 6) is -2.39. The van der Waals surface area contributed by atoms with E-state index in [4.69, 9.17) is 11.6 Å². The van der Waals surface area contributed by atoms with Crippen LogP contribution in [0.15, 0.2) is 29.8 Å². The molecule has 2 aromatic rings. The van der Waals surface area contributed by atoms with E-state index in [2.05, 4.69) is 5.32 Å². The van der Waals surface area contributed by atoms with Gasteiger partial charge in [0.2, 0.25) is 0 Å². The number of nitrogens with one attached hydrogen (secondary N) is 1. The lowest BCUT2D eigenvalue weighted by atomic mass is 9.93.